The molecule has 4 nitrogen and oxygen atoms in total. The van der Waals surface area contributed by atoms with Gasteiger partial charge in [-0.1, -0.05) is 35.9 Å². The number of amides is 1. The van der Waals surface area contributed by atoms with Crippen molar-refractivity contribution >= 4 is 34.1 Å². The van der Waals surface area contributed by atoms with E-state index in [1.807, 2.05) is 25.1 Å². The van der Waals surface area contributed by atoms with Gasteiger partial charge in [0, 0.05) is 17.3 Å². The summed E-state index contributed by atoms with van der Waals surface area (Å²) in [6.45, 7) is 1.89. The van der Waals surface area contributed by atoms with Crippen LogP contribution in [0.15, 0.2) is 53.5 Å². The lowest BCUT2D eigenvalue weighted by Crippen LogP contribution is -2.22. The molecule has 5 heteroatoms. The number of hydrogen-bond acceptors (Lipinski definition) is 2. The van der Waals surface area contributed by atoms with Crippen molar-refractivity contribution in [2.45, 2.75) is 6.92 Å². The molecule has 0 unspecified atom stereocenters. The number of aryl methyl sites for hydroxylation is 1. The van der Waals surface area contributed by atoms with E-state index in [0.29, 0.717) is 21.6 Å². The van der Waals surface area contributed by atoms with Crippen molar-refractivity contribution in [3.8, 4) is 0 Å². The van der Waals surface area contributed by atoms with Crippen LogP contribution in [0.2, 0.25) is 5.02 Å². The number of rotatable bonds is 2. The zero-order valence-corrected chi connectivity index (χ0v) is 12.6. The molecular formula is C17H13ClN2O2. The number of carbonyl (C=O) groups excluding carboxylic acids is 1. The highest BCUT2D eigenvalue weighted by molar-refractivity contribution is 6.35. The van der Waals surface area contributed by atoms with Gasteiger partial charge in [-0.15, -0.1) is 0 Å². The van der Waals surface area contributed by atoms with E-state index in [0.717, 1.165) is 5.56 Å². The number of aromatic nitrogens is 1. The summed E-state index contributed by atoms with van der Waals surface area (Å²) in [5, 5.41) is 3.59. The summed E-state index contributed by atoms with van der Waals surface area (Å²) >= 11 is 6.04. The molecule has 0 atom stereocenters. The highest BCUT2D eigenvalue weighted by Gasteiger charge is 2.14. The maximum atomic E-state index is 12.5. The lowest BCUT2D eigenvalue weighted by molar-refractivity contribution is 0.102. The van der Waals surface area contributed by atoms with Crippen molar-refractivity contribution in [3.05, 3.63) is 75.0 Å². The minimum absolute atomic E-state index is 0.0537. The van der Waals surface area contributed by atoms with Gasteiger partial charge >= 0.3 is 0 Å². The van der Waals surface area contributed by atoms with Crippen LogP contribution < -0.4 is 10.7 Å². The van der Waals surface area contributed by atoms with E-state index in [-0.39, 0.29) is 11.0 Å². The number of H-pyrrole nitrogens is 1. The van der Waals surface area contributed by atoms with Gasteiger partial charge in [0.2, 0.25) is 5.43 Å². The lowest BCUT2D eigenvalue weighted by atomic mass is 10.1. The molecule has 2 N–H and O–H groups in total. The molecule has 0 aliphatic rings. The van der Waals surface area contributed by atoms with Crippen LogP contribution in [0.3, 0.4) is 0 Å². The molecule has 110 valence electrons. The van der Waals surface area contributed by atoms with Gasteiger partial charge in [-0.05, 0) is 30.7 Å². The van der Waals surface area contributed by atoms with E-state index in [2.05, 4.69) is 10.3 Å². The van der Waals surface area contributed by atoms with Crippen LogP contribution in [0.4, 0.5) is 5.69 Å². The summed E-state index contributed by atoms with van der Waals surface area (Å²) in [6.07, 6.45) is 1.39. The Morgan fingerprint density at radius 1 is 1.14 bits per heavy atom. The molecule has 0 aliphatic heterocycles. The first-order valence-electron chi connectivity index (χ1n) is 6.75. The fourth-order valence-corrected chi connectivity index (χ4v) is 2.52. The third-order valence-electron chi connectivity index (χ3n) is 3.50. The van der Waals surface area contributed by atoms with Crippen LogP contribution in [0.5, 0.6) is 0 Å². The second kappa shape index (κ2) is 5.66. The number of aromatic amines is 1. The van der Waals surface area contributed by atoms with Crippen LogP contribution >= 0.6 is 11.6 Å². The Morgan fingerprint density at radius 2 is 1.91 bits per heavy atom. The number of para-hydroxylation sites is 2. The number of anilines is 1. The summed E-state index contributed by atoms with van der Waals surface area (Å²) in [5.74, 6) is -0.447. The molecule has 0 saturated heterocycles. The van der Waals surface area contributed by atoms with E-state index in [1.54, 1.807) is 24.3 Å². The third kappa shape index (κ3) is 2.49. The number of halogens is 1. The number of pyridine rings is 1. The van der Waals surface area contributed by atoms with Crippen LogP contribution in [-0.4, -0.2) is 10.9 Å². The van der Waals surface area contributed by atoms with Crippen LogP contribution in [0, 0.1) is 6.92 Å². The molecule has 0 fully saturated rings. The number of fused-ring (bicyclic) bond motifs is 1. The Kier molecular flexibility index (Phi) is 3.69. The molecule has 3 aromatic rings. The van der Waals surface area contributed by atoms with Crippen LogP contribution in [0.25, 0.3) is 10.9 Å². The van der Waals surface area contributed by atoms with Gasteiger partial charge < -0.3 is 10.3 Å². The first-order chi connectivity index (χ1) is 10.6. The maximum absolute atomic E-state index is 12.5. The molecular weight excluding hydrogens is 300 g/mol. The quantitative estimate of drug-likeness (QED) is 0.757. The van der Waals surface area contributed by atoms with Gasteiger partial charge in [0.05, 0.1) is 10.5 Å². The molecule has 1 aromatic heterocycles. The van der Waals surface area contributed by atoms with Crippen molar-refractivity contribution in [3.63, 3.8) is 0 Å². The predicted octanol–water partition coefficient (Wildman–Crippen LogP) is 3.74. The van der Waals surface area contributed by atoms with Crippen molar-refractivity contribution in [2.75, 3.05) is 5.32 Å². The maximum Gasteiger partial charge on any atom is 0.261 e. The van der Waals surface area contributed by atoms with E-state index in [4.69, 9.17) is 11.6 Å². The van der Waals surface area contributed by atoms with Crippen molar-refractivity contribution < 1.29 is 4.79 Å². The second-order valence-electron chi connectivity index (χ2n) is 4.96. The Labute approximate surface area is 131 Å². The smallest absolute Gasteiger partial charge is 0.261 e. The number of carbonyl (C=O) groups is 1. The van der Waals surface area contributed by atoms with Gasteiger partial charge in [-0.3, -0.25) is 9.59 Å². The highest BCUT2D eigenvalue weighted by Crippen LogP contribution is 2.19. The predicted molar refractivity (Wildman–Crippen MR) is 88.7 cm³/mol. The molecule has 3 rings (SSSR count). The van der Waals surface area contributed by atoms with Gasteiger partial charge in [0.25, 0.3) is 5.91 Å². The van der Waals surface area contributed by atoms with Gasteiger partial charge in [-0.2, -0.15) is 0 Å². The Balaban J connectivity index is 2.04. The summed E-state index contributed by atoms with van der Waals surface area (Å²) < 4.78 is 0. The van der Waals surface area contributed by atoms with Crippen molar-refractivity contribution in [2.24, 2.45) is 0 Å². The zero-order chi connectivity index (χ0) is 15.7. The average molecular weight is 313 g/mol. The van der Waals surface area contributed by atoms with Gasteiger partial charge in [-0.25, -0.2) is 0 Å². The van der Waals surface area contributed by atoms with Crippen LogP contribution in [0.1, 0.15) is 15.9 Å². The van der Waals surface area contributed by atoms with E-state index >= 15 is 0 Å². The Morgan fingerprint density at radius 3 is 2.68 bits per heavy atom. The molecule has 0 radical (unpaired) electrons. The highest BCUT2D eigenvalue weighted by atomic mass is 35.5. The third-order valence-corrected chi connectivity index (χ3v) is 3.82. The minimum Gasteiger partial charge on any atom is -0.359 e. The Hall–Kier alpha value is -2.59. The number of nitrogens with one attached hydrogen (secondary N) is 2. The van der Waals surface area contributed by atoms with Crippen LogP contribution in [-0.2, 0) is 0 Å². The Bertz CT molecular complexity index is 931. The summed E-state index contributed by atoms with van der Waals surface area (Å²) in [4.78, 5) is 27.7. The zero-order valence-electron chi connectivity index (χ0n) is 11.8. The summed E-state index contributed by atoms with van der Waals surface area (Å²) in [5.41, 5.74) is 1.84. The molecule has 2 aromatic carbocycles. The van der Waals surface area contributed by atoms with E-state index in [9.17, 15) is 9.59 Å². The fourth-order valence-electron chi connectivity index (χ4n) is 2.29. The first-order valence-corrected chi connectivity index (χ1v) is 7.12. The average Bonchev–Trinajstić information content (AvgIpc) is 2.51. The molecule has 0 bridgehead atoms. The summed E-state index contributed by atoms with van der Waals surface area (Å²) in [7, 11) is 0. The first kappa shape index (κ1) is 14.4. The summed E-state index contributed by atoms with van der Waals surface area (Å²) in [6, 6.07) is 12.4. The topological polar surface area (TPSA) is 62.0 Å². The molecule has 1 amide bonds. The number of benzene rings is 2. The van der Waals surface area contributed by atoms with E-state index in [1.165, 1.54) is 6.20 Å². The normalized spacial score (nSPS) is 10.6. The van der Waals surface area contributed by atoms with Crippen molar-refractivity contribution in [1.29, 1.82) is 0 Å². The fraction of sp³-hybridized carbons (Fsp3) is 0.0588. The monoisotopic (exact) mass is 312 g/mol. The SMILES string of the molecule is Cc1ccccc1NC(=O)c1c[nH]c2c(Cl)cccc2c1=O. The van der Waals surface area contributed by atoms with Crippen molar-refractivity contribution in [1.82, 2.24) is 4.98 Å². The standard InChI is InChI=1S/C17H13ClN2O2/c1-10-5-2-3-8-14(10)20-17(22)12-9-19-15-11(16(12)21)6-4-7-13(15)18/h2-9H,1H3,(H,19,21)(H,20,22). The molecule has 0 aliphatic carbocycles. The van der Waals surface area contributed by atoms with Gasteiger partial charge in [0.1, 0.15) is 5.56 Å². The molecule has 1 heterocycles. The minimum atomic E-state index is -0.447. The number of hydrogen-bond donors (Lipinski definition) is 2. The molecule has 22 heavy (non-hydrogen) atoms. The van der Waals surface area contributed by atoms with E-state index < -0.39 is 5.91 Å². The second-order valence-corrected chi connectivity index (χ2v) is 5.37. The lowest BCUT2D eigenvalue weighted by Gasteiger charge is -2.08. The largest absolute Gasteiger partial charge is 0.359 e. The molecule has 0 spiro atoms. The van der Waals surface area contributed by atoms with Gasteiger partial charge in [0.15, 0.2) is 0 Å². The molecule has 0 saturated carbocycles.